The summed E-state index contributed by atoms with van der Waals surface area (Å²) in [6, 6.07) is 6.57. The first-order chi connectivity index (χ1) is 15.8. The van der Waals surface area contributed by atoms with E-state index in [1.54, 1.807) is 20.3 Å². The summed E-state index contributed by atoms with van der Waals surface area (Å²) in [5, 5.41) is 23.0. The number of hydrogen-bond donors (Lipinski definition) is 0. The fourth-order valence-electron chi connectivity index (χ4n) is 3.62. The molecule has 3 aromatic rings. The molecule has 2 heterocycles. The Bertz CT molecular complexity index is 1180. The minimum Gasteiger partial charge on any atom is -0.495 e. The minimum absolute atomic E-state index is 0.0844. The van der Waals surface area contributed by atoms with Crippen LogP contribution in [-0.2, 0) is 0 Å². The van der Waals surface area contributed by atoms with Gasteiger partial charge in [-0.05, 0) is 12.1 Å². The van der Waals surface area contributed by atoms with Crippen molar-refractivity contribution in [3.05, 3.63) is 56.1 Å². The van der Waals surface area contributed by atoms with Gasteiger partial charge in [0.2, 0.25) is 0 Å². The topological polar surface area (TPSA) is 141 Å². The lowest BCUT2D eigenvalue weighted by atomic mass is 10.1. The number of nitro groups is 2. The highest BCUT2D eigenvalue weighted by molar-refractivity contribution is 7.22. The summed E-state index contributed by atoms with van der Waals surface area (Å²) in [5.74, 6) is 0.832. The molecule has 13 heteroatoms. The third-order valence-electron chi connectivity index (χ3n) is 5.31. The van der Waals surface area contributed by atoms with E-state index in [-0.39, 0.29) is 5.56 Å². The van der Waals surface area contributed by atoms with Crippen molar-refractivity contribution >= 4 is 44.0 Å². The van der Waals surface area contributed by atoms with Gasteiger partial charge in [0.15, 0.2) is 5.13 Å². The van der Waals surface area contributed by atoms with Crippen molar-refractivity contribution < 1.29 is 24.1 Å². The van der Waals surface area contributed by atoms with Crippen molar-refractivity contribution in [1.82, 2.24) is 9.88 Å². The van der Waals surface area contributed by atoms with Gasteiger partial charge in [-0.1, -0.05) is 11.3 Å². The molecule has 0 saturated carbocycles. The number of benzene rings is 2. The number of thiazole rings is 1. The van der Waals surface area contributed by atoms with Gasteiger partial charge in [0.1, 0.15) is 21.7 Å². The number of nitro benzene ring substituents is 2. The molecule has 0 radical (unpaired) electrons. The summed E-state index contributed by atoms with van der Waals surface area (Å²) >= 11 is 1.46. The lowest BCUT2D eigenvalue weighted by Gasteiger charge is -2.34. The van der Waals surface area contributed by atoms with Crippen LogP contribution in [0.1, 0.15) is 10.4 Å². The zero-order valence-electron chi connectivity index (χ0n) is 17.7. The number of fused-ring (bicyclic) bond motifs is 1. The number of nitrogens with zero attached hydrogens (tertiary/aromatic N) is 5. The van der Waals surface area contributed by atoms with Crippen molar-refractivity contribution in [2.24, 2.45) is 0 Å². The Morgan fingerprint density at radius 1 is 0.970 bits per heavy atom. The molecule has 1 fully saturated rings. The van der Waals surface area contributed by atoms with E-state index in [9.17, 15) is 25.0 Å². The van der Waals surface area contributed by atoms with Crippen LogP contribution < -0.4 is 14.4 Å². The number of aromatic nitrogens is 1. The molecule has 1 aliphatic rings. The van der Waals surface area contributed by atoms with Crippen molar-refractivity contribution in [2.45, 2.75) is 0 Å². The van der Waals surface area contributed by atoms with Crippen LogP contribution in [0.5, 0.6) is 11.5 Å². The average Bonchev–Trinajstić information content (AvgIpc) is 3.28. The van der Waals surface area contributed by atoms with Gasteiger partial charge in [-0.3, -0.25) is 25.0 Å². The number of rotatable bonds is 6. The van der Waals surface area contributed by atoms with Crippen molar-refractivity contribution in [1.29, 1.82) is 0 Å². The first kappa shape index (κ1) is 22.2. The smallest absolute Gasteiger partial charge is 0.277 e. The normalized spacial score (nSPS) is 13.8. The fraction of sp³-hybridized carbons (Fsp3) is 0.300. The molecule has 1 amide bonds. The molecule has 1 aliphatic heterocycles. The number of anilines is 1. The molecule has 33 heavy (non-hydrogen) atoms. The summed E-state index contributed by atoms with van der Waals surface area (Å²) in [6.45, 7) is 1.62. The van der Waals surface area contributed by atoms with Crippen molar-refractivity contribution in [3.8, 4) is 11.5 Å². The van der Waals surface area contributed by atoms with E-state index in [0.29, 0.717) is 43.2 Å². The molecule has 1 saturated heterocycles. The molecule has 0 bridgehead atoms. The Balaban J connectivity index is 1.53. The van der Waals surface area contributed by atoms with Gasteiger partial charge in [0.25, 0.3) is 17.3 Å². The van der Waals surface area contributed by atoms with Gasteiger partial charge < -0.3 is 19.3 Å². The van der Waals surface area contributed by atoms with Crippen molar-refractivity contribution in [2.75, 3.05) is 45.3 Å². The van der Waals surface area contributed by atoms with E-state index in [1.807, 2.05) is 11.0 Å². The summed E-state index contributed by atoms with van der Waals surface area (Å²) in [4.78, 5) is 41.9. The zero-order chi connectivity index (χ0) is 23.7. The Labute approximate surface area is 191 Å². The van der Waals surface area contributed by atoms with E-state index in [1.165, 1.54) is 16.2 Å². The van der Waals surface area contributed by atoms with Crippen LogP contribution in [0.15, 0.2) is 30.3 Å². The Morgan fingerprint density at radius 3 is 2.09 bits per heavy atom. The average molecular weight is 473 g/mol. The molecule has 0 aliphatic carbocycles. The van der Waals surface area contributed by atoms with Gasteiger partial charge in [-0.15, -0.1) is 0 Å². The largest absolute Gasteiger partial charge is 0.495 e. The molecule has 172 valence electrons. The van der Waals surface area contributed by atoms with E-state index >= 15 is 0 Å². The minimum atomic E-state index is -0.753. The maximum Gasteiger partial charge on any atom is 0.277 e. The predicted octanol–water partition coefficient (Wildman–Crippen LogP) is 3.09. The third kappa shape index (κ3) is 4.22. The molecule has 0 atom stereocenters. The molecule has 4 rings (SSSR count). The Kier molecular flexibility index (Phi) is 5.96. The standard InChI is InChI=1S/C20H19N5O7S/c1-31-15-3-4-16(32-2)18-17(15)21-20(33-18)23-7-5-22(6-8-23)19(26)12-9-13(24(27)28)11-14(10-12)25(29)30/h3-4,9-11H,5-8H2,1-2H3. The van der Waals surface area contributed by atoms with Gasteiger partial charge >= 0.3 is 0 Å². The van der Waals surface area contributed by atoms with Crippen LogP contribution in [0.3, 0.4) is 0 Å². The molecule has 0 spiro atoms. The molecule has 0 unspecified atom stereocenters. The number of carbonyl (C=O) groups is 1. The number of hydrogen-bond acceptors (Lipinski definition) is 10. The third-order valence-corrected chi connectivity index (χ3v) is 6.44. The number of carbonyl (C=O) groups excluding carboxylic acids is 1. The van der Waals surface area contributed by atoms with Gasteiger partial charge in [-0.2, -0.15) is 0 Å². The van der Waals surface area contributed by atoms with Crippen LogP contribution in [0.2, 0.25) is 0 Å². The Morgan fingerprint density at radius 2 is 1.55 bits per heavy atom. The monoisotopic (exact) mass is 473 g/mol. The molecule has 2 aromatic carbocycles. The number of methoxy groups -OCH3 is 2. The van der Waals surface area contributed by atoms with Crippen LogP contribution in [0.4, 0.5) is 16.5 Å². The second-order valence-electron chi connectivity index (χ2n) is 7.18. The van der Waals surface area contributed by atoms with Crippen LogP contribution in [0, 0.1) is 20.2 Å². The maximum atomic E-state index is 12.9. The highest BCUT2D eigenvalue weighted by Gasteiger charge is 2.27. The van der Waals surface area contributed by atoms with Gasteiger partial charge in [0.05, 0.1) is 35.7 Å². The van der Waals surface area contributed by atoms with Crippen LogP contribution in [-0.4, -0.2) is 66.0 Å². The maximum absolute atomic E-state index is 12.9. The van der Waals surface area contributed by atoms with Crippen LogP contribution in [0.25, 0.3) is 10.2 Å². The lowest BCUT2D eigenvalue weighted by molar-refractivity contribution is -0.394. The SMILES string of the molecule is COc1ccc(OC)c2sc(N3CCN(C(=O)c4cc([N+](=O)[O-])cc([N+](=O)[O-])c4)CC3)nc12. The van der Waals surface area contributed by atoms with E-state index in [2.05, 4.69) is 0 Å². The summed E-state index contributed by atoms with van der Waals surface area (Å²) in [6.07, 6.45) is 0. The highest BCUT2D eigenvalue weighted by Crippen LogP contribution is 2.40. The van der Waals surface area contributed by atoms with Gasteiger partial charge in [-0.25, -0.2) is 4.98 Å². The van der Waals surface area contributed by atoms with E-state index in [0.717, 1.165) is 28.0 Å². The quantitative estimate of drug-likeness (QED) is 0.390. The summed E-state index contributed by atoms with van der Waals surface area (Å²) < 4.78 is 11.7. The van der Waals surface area contributed by atoms with Gasteiger partial charge in [0, 0.05) is 38.3 Å². The number of amides is 1. The highest BCUT2D eigenvalue weighted by atomic mass is 32.1. The second-order valence-corrected chi connectivity index (χ2v) is 8.15. The predicted molar refractivity (Wildman–Crippen MR) is 121 cm³/mol. The summed E-state index contributed by atoms with van der Waals surface area (Å²) in [7, 11) is 3.16. The lowest BCUT2D eigenvalue weighted by Crippen LogP contribution is -2.48. The molecule has 12 nitrogen and oxygen atoms in total. The second kappa shape index (κ2) is 8.86. The molecular weight excluding hydrogens is 454 g/mol. The molecule has 0 N–H and O–H groups in total. The molecular formula is C20H19N5O7S. The first-order valence-electron chi connectivity index (χ1n) is 9.82. The number of non-ortho nitro benzene ring substituents is 2. The Hall–Kier alpha value is -4.00. The van der Waals surface area contributed by atoms with Crippen LogP contribution >= 0.6 is 11.3 Å². The fourth-order valence-corrected chi connectivity index (χ4v) is 4.75. The number of ether oxygens (including phenoxy) is 2. The molecule has 1 aromatic heterocycles. The number of piperazine rings is 1. The van der Waals surface area contributed by atoms with E-state index in [4.69, 9.17) is 14.5 Å². The zero-order valence-corrected chi connectivity index (χ0v) is 18.5. The first-order valence-corrected chi connectivity index (χ1v) is 10.6. The van der Waals surface area contributed by atoms with Crippen molar-refractivity contribution in [3.63, 3.8) is 0 Å². The van der Waals surface area contributed by atoms with E-state index < -0.39 is 27.1 Å². The summed E-state index contributed by atoms with van der Waals surface area (Å²) in [5.41, 5.74) is -0.384.